The Balaban J connectivity index is 2.31. The lowest BCUT2D eigenvalue weighted by Gasteiger charge is -2.41. The van der Waals surface area contributed by atoms with Gasteiger partial charge in [-0.2, -0.15) is 0 Å². The summed E-state index contributed by atoms with van der Waals surface area (Å²) in [7, 11) is 1.80. The van der Waals surface area contributed by atoms with Gasteiger partial charge in [-0.05, 0) is 49.9 Å². The number of carbonyl (C=O) groups excluding carboxylic acids is 1. The van der Waals surface area contributed by atoms with E-state index in [-0.39, 0.29) is 5.91 Å². The molecule has 3 nitrogen and oxygen atoms in total. The molecule has 1 aromatic carbocycles. The van der Waals surface area contributed by atoms with E-state index in [2.05, 4.69) is 6.07 Å². The van der Waals surface area contributed by atoms with E-state index >= 15 is 0 Å². The molecule has 0 radical (unpaired) electrons. The molecule has 0 aliphatic heterocycles. The van der Waals surface area contributed by atoms with Crippen LogP contribution in [0.25, 0.3) is 0 Å². The number of carbonyl (C=O) groups is 1. The number of hydrogen-bond acceptors (Lipinski definition) is 2. The Bertz CT molecular complexity index is 515. The van der Waals surface area contributed by atoms with Gasteiger partial charge in [-0.3, -0.25) is 4.79 Å². The first-order valence-corrected chi connectivity index (χ1v) is 6.94. The van der Waals surface area contributed by atoms with E-state index < -0.39 is 5.41 Å². The summed E-state index contributed by atoms with van der Waals surface area (Å²) < 4.78 is 0. The van der Waals surface area contributed by atoms with Crippen LogP contribution in [-0.4, -0.2) is 17.9 Å². The molecular weight excluding hydrogens is 256 g/mol. The van der Waals surface area contributed by atoms with Gasteiger partial charge < -0.3 is 10.6 Å². The van der Waals surface area contributed by atoms with Crippen molar-refractivity contribution in [2.24, 2.45) is 11.1 Å². The van der Waals surface area contributed by atoms with Gasteiger partial charge in [0, 0.05) is 12.7 Å². The first-order valence-electron chi connectivity index (χ1n) is 6.53. The first-order chi connectivity index (χ1) is 8.86. The molecule has 0 unspecified atom stereocenters. The second-order valence-electron chi connectivity index (χ2n) is 5.51. The van der Waals surface area contributed by atoms with Gasteiger partial charge in [0.1, 0.15) is 0 Å². The summed E-state index contributed by atoms with van der Waals surface area (Å²) in [5.74, 6) is 0.0243. The Hall–Kier alpha value is -1.42. The monoisotopic (exact) mass is 276 g/mol. The third-order valence-electron chi connectivity index (χ3n) is 3.99. The molecule has 1 aromatic rings. The van der Waals surface area contributed by atoms with Crippen molar-refractivity contribution in [3.63, 3.8) is 0 Å². The molecule has 1 fully saturated rings. The molecular formula is C15H20N2OS. The van der Waals surface area contributed by atoms with E-state index in [0.717, 1.165) is 36.1 Å². The lowest BCUT2D eigenvalue weighted by molar-refractivity contribution is -0.127. The average molecular weight is 276 g/mol. The summed E-state index contributed by atoms with van der Waals surface area (Å²) in [4.78, 5) is 14.7. The van der Waals surface area contributed by atoms with E-state index in [9.17, 15) is 4.79 Å². The number of aryl methyl sites for hydroxylation is 2. The van der Waals surface area contributed by atoms with Gasteiger partial charge in [-0.15, -0.1) is 0 Å². The molecule has 2 rings (SSSR count). The third kappa shape index (κ3) is 2.37. The van der Waals surface area contributed by atoms with Gasteiger partial charge in [-0.1, -0.05) is 24.7 Å². The van der Waals surface area contributed by atoms with Crippen LogP contribution in [0.1, 0.15) is 30.4 Å². The maximum atomic E-state index is 12.7. The zero-order chi connectivity index (χ0) is 14.2. The number of benzene rings is 1. The van der Waals surface area contributed by atoms with Crippen molar-refractivity contribution in [1.82, 2.24) is 0 Å². The van der Waals surface area contributed by atoms with Gasteiger partial charge in [0.05, 0.1) is 10.4 Å². The molecule has 0 bridgehead atoms. The minimum absolute atomic E-state index is 0.0243. The SMILES string of the molecule is Cc1cc(C)cc(N(C)C(=O)C2(C(N)=S)CCC2)c1. The Kier molecular flexibility index (Phi) is 3.63. The lowest BCUT2D eigenvalue weighted by Crippen LogP contribution is -2.53. The summed E-state index contributed by atoms with van der Waals surface area (Å²) in [5.41, 5.74) is 8.38. The highest BCUT2D eigenvalue weighted by atomic mass is 32.1. The molecule has 19 heavy (non-hydrogen) atoms. The van der Waals surface area contributed by atoms with Crippen molar-refractivity contribution < 1.29 is 4.79 Å². The fraction of sp³-hybridized carbons (Fsp3) is 0.467. The molecule has 0 spiro atoms. The van der Waals surface area contributed by atoms with Gasteiger partial charge in [0.25, 0.3) is 0 Å². The summed E-state index contributed by atoms with van der Waals surface area (Å²) in [5, 5.41) is 0. The fourth-order valence-electron chi connectivity index (χ4n) is 2.68. The summed E-state index contributed by atoms with van der Waals surface area (Å²) in [6.07, 6.45) is 2.57. The normalized spacial score (nSPS) is 16.6. The molecule has 0 saturated heterocycles. The number of anilines is 1. The molecule has 0 heterocycles. The van der Waals surface area contributed by atoms with Crippen LogP contribution in [0.2, 0.25) is 0 Å². The van der Waals surface area contributed by atoms with Crippen LogP contribution >= 0.6 is 12.2 Å². The van der Waals surface area contributed by atoms with Crippen LogP contribution in [0, 0.1) is 19.3 Å². The highest BCUT2D eigenvalue weighted by molar-refractivity contribution is 7.80. The maximum Gasteiger partial charge on any atom is 0.239 e. The quantitative estimate of drug-likeness (QED) is 0.863. The minimum atomic E-state index is -0.609. The average Bonchev–Trinajstić information content (AvgIpc) is 2.24. The Morgan fingerprint density at radius 2 is 1.79 bits per heavy atom. The predicted molar refractivity (Wildman–Crippen MR) is 82.4 cm³/mol. The fourth-order valence-corrected chi connectivity index (χ4v) is 2.97. The maximum absolute atomic E-state index is 12.7. The number of nitrogens with two attached hydrogens (primary N) is 1. The Morgan fingerprint density at radius 3 is 2.16 bits per heavy atom. The van der Waals surface area contributed by atoms with Gasteiger partial charge in [0.15, 0.2) is 0 Å². The van der Waals surface area contributed by atoms with Crippen molar-refractivity contribution in [1.29, 1.82) is 0 Å². The number of hydrogen-bond donors (Lipinski definition) is 1. The smallest absolute Gasteiger partial charge is 0.239 e. The highest BCUT2D eigenvalue weighted by Gasteiger charge is 2.48. The van der Waals surface area contributed by atoms with Crippen LogP contribution < -0.4 is 10.6 Å². The Morgan fingerprint density at radius 1 is 1.26 bits per heavy atom. The van der Waals surface area contributed by atoms with Crippen molar-refractivity contribution in [3.8, 4) is 0 Å². The van der Waals surface area contributed by atoms with Gasteiger partial charge in [-0.25, -0.2) is 0 Å². The molecule has 0 atom stereocenters. The second-order valence-corrected chi connectivity index (χ2v) is 5.95. The third-order valence-corrected chi connectivity index (χ3v) is 4.38. The van der Waals surface area contributed by atoms with E-state index in [4.69, 9.17) is 18.0 Å². The largest absolute Gasteiger partial charge is 0.392 e. The summed E-state index contributed by atoms with van der Waals surface area (Å²) >= 11 is 5.11. The number of thiocarbonyl (C=S) groups is 1. The highest BCUT2D eigenvalue weighted by Crippen LogP contribution is 2.43. The number of amides is 1. The van der Waals surface area contributed by atoms with E-state index in [0.29, 0.717) is 4.99 Å². The van der Waals surface area contributed by atoms with Crippen molar-refractivity contribution in [2.75, 3.05) is 11.9 Å². The van der Waals surface area contributed by atoms with Crippen LogP contribution in [0.3, 0.4) is 0 Å². The van der Waals surface area contributed by atoms with Crippen molar-refractivity contribution in [3.05, 3.63) is 29.3 Å². The molecule has 4 heteroatoms. The van der Waals surface area contributed by atoms with Crippen LogP contribution in [0.4, 0.5) is 5.69 Å². The topological polar surface area (TPSA) is 46.3 Å². The van der Waals surface area contributed by atoms with Crippen LogP contribution in [0.15, 0.2) is 18.2 Å². The van der Waals surface area contributed by atoms with E-state index in [1.807, 2.05) is 26.0 Å². The first kappa shape index (κ1) is 14.0. The molecule has 1 amide bonds. The van der Waals surface area contributed by atoms with Crippen molar-refractivity contribution >= 4 is 28.8 Å². The van der Waals surface area contributed by atoms with Crippen LogP contribution in [0.5, 0.6) is 0 Å². The second kappa shape index (κ2) is 4.93. The molecule has 2 N–H and O–H groups in total. The standard InChI is InChI=1S/C15H20N2OS/c1-10-7-11(2)9-12(8-10)17(3)14(18)15(13(16)19)5-4-6-15/h7-9H,4-6H2,1-3H3,(H2,16,19). The summed E-state index contributed by atoms with van der Waals surface area (Å²) in [6, 6.07) is 6.11. The minimum Gasteiger partial charge on any atom is -0.392 e. The molecule has 1 aliphatic carbocycles. The van der Waals surface area contributed by atoms with Gasteiger partial charge in [0.2, 0.25) is 5.91 Å². The van der Waals surface area contributed by atoms with E-state index in [1.165, 1.54) is 0 Å². The lowest BCUT2D eigenvalue weighted by atomic mass is 9.67. The molecule has 0 aromatic heterocycles. The zero-order valence-electron chi connectivity index (χ0n) is 11.7. The Labute approximate surface area is 119 Å². The molecule has 102 valence electrons. The summed E-state index contributed by atoms with van der Waals surface area (Å²) in [6.45, 7) is 4.06. The zero-order valence-corrected chi connectivity index (χ0v) is 12.5. The van der Waals surface area contributed by atoms with Gasteiger partial charge >= 0.3 is 0 Å². The van der Waals surface area contributed by atoms with Crippen LogP contribution in [-0.2, 0) is 4.79 Å². The number of nitrogens with zero attached hydrogens (tertiary/aromatic N) is 1. The molecule has 1 aliphatic rings. The van der Waals surface area contributed by atoms with E-state index in [1.54, 1.807) is 11.9 Å². The molecule has 1 saturated carbocycles. The number of rotatable bonds is 3. The van der Waals surface area contributed by atoms with Crippen molar-refractivity contribution in [2.45, 2.75) is 33.1 Å². The predicted octanol–water partition coefficient (Wildman–Crippen LogP) is 2.72.